The first-order valence-electron chi connectivity index (χ1n) is 15.6. The molecule has 4 atom stereocenters. The van der Waals surface area contributed by atoms with Crippen LogP contribution in [0.5, 0.6) is 5.75 Å². The number of benzene rings is 2. The van der Waals surface area contributed by atoms with E-state index in [4.69, 9.17) is 0 Å². The standard InChI is InChI=1S/C38H38O8/c1-19(2)30-32(42)28(20(3)39)34(44)38(46)35(45)31-33(43)29-25(17-36(31,4)18-37(30,38)5)24(14-15-26(29)40)22-12-10-21(11-13-22)16-27(41)23-8-6-7-9-23/h6-8,10-15,19,30,40,42,45-46H,9,16-18H2,1-5H3/t30?,36-,37-,38+/m1/s1. The molecular weight excluding hydrogens is 584 g/mol. The highest BCUT2D eigenvalue weighted by molar-refractivity contribution is 6.25. The summed E-state index contributed by atoms with van der Waals surface area (Å²) in [5.74, 6) is -5.35. The molecular formula is C38H38O8. The van der Waals surface area contributed by atoms with Crippen LogP contribution in [0.4, 0.5) is 0 Å². The molecule has 0 aromatic heterocycles. The molecule has 4 aliphatic carbocycles. The Kier molecular flexibility index (Phi) is 7.17. The van der Waals surface area contributed by atoms with Crippen LogP contribution in [-0.4, -0.2) is 49.2 Å². The molecule has 4 N–H and O–H groups in total. The van der Waals surface area contributed by atoms with Crippen LogP contribution in [0, 0.1) is 22.7 Å². The van der Waals surface area contributed by atoms with Crippen molar-refractivity contribution in [3.8, 4) is 16.9 Å². The lowest BCUT2D eigenvalue weighted by atomic mass is 9.44. The van der Waals surface area contributed by atoms with E-state index < -0.39 is 56.8 Å². The zero-order valence-corrected chi connectivity index (χ0v) is 26.6. The maximum absolute atomic E-state index is 14.3. The summed E-state index contributed by atoms with van der Waals surface area (Å²) >= 11 is 0. The Bertz CT molecular complexity index is 1870. The van der Waals surface area contributed by atoms with Crippen molar-refractivity contribution in [2.45, 2.75) is 65.9 Å². The van der Waals surface area contributed by atoms with Crippen molar-refractivity contribution in [3.05, 3.63) is 99.6 Å². The molecule has 0 amide bonds. The van der Waals surface area contributed by atoms with Crippen molar-refractivity contribution in [1.29, 1.82) is 0 Å². The molecule has 6 rings (SSSR count). The summed E-state index contributed by atoms with van der Waals surface area (Å²) in [6, 6.07) is 10.6. The minimum atomic E-state index is -2.65. The molecule has 0 saturated heterocycles. The Morgan fingerprint density at radius 2 is 1.67 bits per heavy atom. The number of rotatable bonds is 6. The number of carbonyl (C=O) groups excluding carboxylic acids is 4. The van der Waals surface area contributed by atoms with Crippen molar-refractivity contribution >= 4 is 23.1 Å². The van der Waals surface area contributed by atoms with Gasteiger partial charge < -0.3 is 20.4 Å². The number of aliphatic hydroxyl groups is 3. The number of aromatic hydroxyl groups is 1. The number of allylic oxidation sites excluding steroid dienone is 6. The van der Waals surface area contributed by atoms with E-state index in [0.717, 1.165) is 23.6 Å². The molecule has 0 spiro atoms. The molecule has 46 heavy (non-hydrogen) atoms. The van der Waals surface area contributed by atoms with Gasteiger partial charge in [0.25, 0.3) is 0 Å². The van der Waals surface area contributed by atoms with Crippen LogP contribution in [0.3, 0.4) is 0 Å². The number of hydrogen-bond donors (Lipinski definition) is 4. The van der Waals surface area contributed by atoms with E-state index in [-0.39, 0.29) is 47.8 Å². The minimum absolute atomic E-state index is 0.0196. The van der Waals surface area contributed by atoms with Gasteiger partial charge in [0.2, 0.25) is 5.78 Å². The Morgan fingerprint density at radius 3 is 2.26 bits per heavy atom. The fourth-order valence-corrected chi connectivity index (χ4v) is 8.76. The number of ketones is 4. The number of fused-ring (bicyclic) bond motifs is 3. The second-order valence-corrected chi connectivity index (χ2v) is 14.1. The van der Waals surface area contributed by atoms with E-state index in [0.29, 0.717) is 17.5 Å². The Hall–Kier alpha value is -4.56. The summed E-state index contributed by atoms with van der Waals surface area (Å²) in [6.45, 7) is 8.11. The molecule has 1 unspecified atom stereocenters. The summed E-state index contributed by atoms with van der Waals surface area (Å²) in [5, 5.41) is 46.4. The molecule has 2 aromatic carbocycles. The van der Waals surface area contributed by atoms with Gasteiger partial charge in [-0.1, -0.05) is 76.3 Å². The monoisotopic (exact) mass is 622 g/mol. The van der Waals surface area contributed by atoms with Gasteiger partial charge in [0, 0.05) is 28.7 Å². The first-order chi connectivity index (χ1) is 21.6. The van der Waals surface area contributed by atoms with Crippen molar-refractivity contribution in [1.82, 2.24) is 0 Å². The van der Waals surface area contributed by atoms with Gasteiger partial charge in [-0.2, -0.15) is 0 Å². The number of hydrogen-bond acceptors (Lipinski definition) is 8. The molecule has 8 heteroatoms. The van der Waals surface area contributed by atoms with Gasteiger partial charge >= 0.3 is 0 Å². The molecule has 0 aliphatic heterocycles. The summed E-state index contributed by atoms with van der Waals surface area (Å²) in [7, 11) is 0. The van der Waals surface area contributed by atoms with Crippen LogP contribution in [0.2, 0.25) is 0 Å². The second kappa shape index (κ2) is 10.5. The van der Waals surface area contributed by atoms with Crippen LogP contribution < -0.4 is 0 Å². The topological polar surface area (TPSA) is 149 Å². The molecule has 8 nitrogen and oxygen atoms in total. The minimum Gasteiger partial charge on any atom is -0.511 e. The van der Waals surface area contributed by atoms with Gasteiger partial charge in [0.15, 0.2) is 23.0 Å². The van der Waals surface area contributed by atoms with Crippen LogP contribution in [0.15, 0.2) is 82.9 Å². The van der Waals surface area contributed by atoms with E-state index >= 15 is 0 Å². The van der Waals surface area contributed by atoms with E-state index in [2.05, 4.69) is 0 Å². The Morgan fingerprint density at radius 1 is 1.00 bits per heavy atom. The zero-order chi connectivity index (χ0) is 33.5. The second-order valence-electron chi connectivity index (χ2n) is 14.1. The number of phenolic OH excluding ortho intramolecular Hbond substituents is 1. The van der Waals surface area contributed by atoms with E-state index in [1.54, 1.807) is 33.8 Å². The van der Waals surface area contributed by atoms with Crippen molar-refractivity contribution in [2.24, 2.45) is 22.7 Å². The Balaban J connectivity index is 1.47. The smallest absolute Gasteiger partial charge is 0.209 e. The maximum Gasteiger partial charge on any atom is 0.209 e. The van der Waals surface area contributed by atoms with Crippen LogP contribution in [0.1, 0.15) is 68.9 Å². The number of phenols is 1. The average molecular weight is 623 g/mol. The molecule has 0 fully saturated rings. The fourth-order valence-electron chi connectivity index (χ4n) is 8.76. The van der Waals surface area contributed by atoms with Gasteiger partial charge in [0.1, 0.15) is 22.8 Å². The fraction of sp³-hybridized carbons (Fsp3) is 0.368. The Labute approximate surface area is 267 Å². The van der Waals surface area contributed by atoms with Crippen LogP contribution >= 0.6 is 0 Å². The lowest BCUT2D eigenvalue weighted by molar-refractivity contribution is -0.171. The lowest BCUT2D eigenvalue weighted by Gasteiger charge is -2.59. The molecule has 0 saturated carbocycles. The number of Topliss-reactive ketones (excluding diaryl/α,β-unsaturated/α-hetero) is 4. The third kappa shape index (κ3) is 4.23. The highest BCUT2D eigenvalue weighted by Gasteiger charge is 2.71. The quantitative estimate of drug-likeness (QED) is 0.286. The third-order valence-corrected chi connectivity index (χ3v) is 10.6. The first kappa shape index (κ1) is 31.4. The van der Waals surface area contributed by atoms with Crippen LogP contribution in [0.25, 0.3) is 11.1 Å². The van der Waals surface area contributed by atoms with Gasteiger partial charge in [0.05, 0.1) is 5.56 Å². The highest BCUT2D eigenvalue weighted by Crippen LogP contribution is 2.65. The van der Waals surface area contributed by atoms with Crippen molar-refractivity contribution in [3.63, 3.8) is 0 Å². The molecule has 0 radical (unpaired) electrons. The number of aliphatic hydroxyl groups excluding tert-OH is 2. The zero-order valence-electron chi connectivity index (χ0n) is 26.6. The lowest BCUT2D eigenvalue weighted by Crippen LogP contribution is -2.67. The van der Waals surface area contributed by atoms with Gasteiger partial charge in [-0.05, 0) is 66.0 Å². The normalized spacial score (nSPS) is 28.7. The SMILES string of the molecule is CC(=O)C1=C(O)C(C(C)C)[C@@]2(C)C[C@@]3(C)Cc4c(-c5ccc(CC(=O)C6=CC=CC6)cc5)ccc(O)c4C(=O)C3=C(O)[C@@]2(O)C1=O. The van der Waals surface area contributed by atoms with Crippen molar-refractivity contribution in [2.75, 3.05) is 0 Å². The summed E-state index contributed by atoms with van der Waals surface area (Å²) in [5.41, 5.74) is -2.44. The van der Waals surface area contributed by atoms with Crippen molar-refractivity contribution < 1.29 is 39.6 Å². The molecule has 0 heterocycles. The van der Waals surface area contributed by atoms with E-state index in [1.807, 2.05) is 42.5 Å². The van der Waals surface area contributed by atoms with Crippen LogP contribution in [-0.2, 0) is 27.2 Å². The highest BCUT2D eigenvalue weighted by atomic mass is 16.3. The van der Waals surface area contributed by atoms with E-state index in [1.165, 1.54) is 6.07 Å². The summed E-state index contributed by atoms with van der Waals surface area (Å²) < 4.78 is 0. The molecule has 238 valence electrons. The molecule has 2 aromatic rings. The van der Waals surface area contributed by atoms with Gasteiger partial charge in [-0.3, -0.25) is 19.2 Å². The largest absolute Gasteiger partial charge is 0.511 e. The molecule has 0 bridgehead atoms. The summed E-state index contributed by atoms with van der Waals surface area (Å²) in [6.07, 6.45) is 6.73. The van der Waals surface area contributed by atoms with E-state index in [9.17, 15) is 39.6 Å². The van der Waals surface area contributed by atoms with Gasteiger partial charge in [-0.25, -0.2) is 0 Å². The van der Waals surface area contributed by atoms with Gasteiger partial charge in [-0.15, -0.1) is 0 Å². The third-order valence-electron chi connectivity index (χ3n) is 10.6. The molecule has 4 aliphatic rings. The first-order valence-corrected chi connectivity index (χ1v) is 15.6. The number of carbonyl (C=O) groups is 4. The maximum atomic E-state index is 14.3. The predicted molar refractivity (Wildman–Crippen MR) is 171 cm³/mol. The average Bonchev–Trinajstić information content (AvgIpc) is 3.51. The summed E-state index contributed by atoms with van der Waals surface area (Å²) in [4.78, 5) is 53.4. The predicted octanol–water partition coefficient (Wildman–Crippen LogP) is 6.01.